The van der Waals surface area contributed by atoms with Crippen LogP contribution in [-0.2, 0) is 16.1 Å². The molecule has 3 aromatic carbocycles. The van der Waals surface area contributed by atoms with E-state index in [0.717, 1.165) is 46.8 Å². The zero-order valence-corrected chi connectivity index (χ0v) is 22.5. The number of nitrogens with one attached hydrogen (secondary N) is 1. The first kappa shape index (κ1) is 26.2. The summed E-state index contributed by atoms with van der Waals surface area (Å²) in [7, 11) is 0. The summed E-state index contributed by atoms with van der Waals surface area (Å²) < 4.78 is 0.957. The van der Waals surface area contributed by atoms with E-state index in [4.69, 9.17) is 0 Å². The minimum absolute atomic E-state index is 0.0287. The van der Waals surface area contributed by atoms with Gasteiger partial charge in [0.1, 0.15) is 6.04 Å². The Balaban J connectivity index is 1.59. The first-order valence-electron chi connectivity index (χ1n) is 13.0. The van der Waals surface area contributed by atoms with Gasteiger partial charge in [-0.2, -0.15) is 0 Å². The summed E-state index contributed by atoms with van der Waals surface area (Å²) >= 11 is 3.54. The van der Waals surface area contributed by atoms with Crippen molar-refractivity contribution in [3.05, 3.63) is 106 Å². The van der Waals surface area contributed by atoms with Crippen molar-refractivity contribution in [1.29, 1.82) is 0 Å². The average Bonchev–Trinajstić information content (AvgIpc) is 2.91. The Bertz CT molecular complexity index is 1090. The minimum Gasteiger partial charge on any atom is -0.352 e. The van der Waals surface area contributed by atoms with Gasteiger partial charge >= 0.3 is 0 Å². The lowest BCUT2D eigenvalue weighted by Gasteiger charge is -2.32. The van der Waals surface area contributed by atoms with Crippen molar-refractivity contribution in [2.24, 2.45) is 0 Å². The molecule has 0 heterocycles. The van der Waals surface area contributed by atoms with E-state index < -0.39 is 6.04 Å². The number of rotatable bonds is 9. The van der Waals surface area contributed by atoms with Crippen LogP contribution in [-0.4, -0.2) is 28.8 Å². The van der Waals surface area contributed by atoms with Crippen LogP contribution < -0.4 is 5.32 Å². The summed E-state index contributed by atoms with van der Waals surface area (Å²) in [5, 5.41) is 3.23. The number of benzene rings is 3. The van der Waals surface area contributed by atoms with E-state index in [1.54, 1.807) is 4.90 Å². The lowest BCUT2D eigenvalue weighted by molar-refractivity contribution is -0.141. The number of amides is 2. The van der Waals surface area contributed by atoms with Crippen LogP contribution in [0, 0.1) is 0 Å². The highest BCUT2D eigenvalue weighted by Gasteiger charge is 2.30. The van der Waals surface area contributed by atoms with Crippen molar-refractivity contribution < 1.29 is 9.59 Å². The predicted molar refractivity (Wildman–Crippen MR) is 149 cm³/mol. The first-order valence-corrected chi connectivity index (χ1v) is 13.7. The van der Waals surface area contributed by atoms with Gasteiger partial charge in [0.2, 0.25) is 11.8 Å². The summed E-state index contributed by atoms with van der Waals surface area (Å²) in [4.78, 5) is 29.0. The van der Waals surface area contributed by atoms with Gasteiger partial charge < -0.3 is 10.2 Å². The number of carbonyl (C=O) groups is 2. The maximum Gasteiger partial charge on any atom is 0.242 e. The molecule has 0 spiro atoms. The second-order valence-electron chi connectivity index (χ2n) is 9.75. The van der Waals surface area contributed by atoms with Crippen LogP contribution in [0.3, 0.4) is 0 Å². The van der Waals surface area contributed by atoms with Crippen LogP contribution >= 0.6 is 15.9 Å². The highest BCUT2D eigenvalue weighted by Crippen LogP contribution is 2.29. The van der Waals surface area contributed by atoms with Gasteiger partial charge in [-0.15, -0.1) is 0 Å². The number of carbonyl (C=O) groups excluding carboxylic acids is 2. The number of hydrogen-bond donors (Lipinski definition) is 1. The second-order valence-corrected chi connectivity index (χ2v) is 10.7. The molecule has 1 atom stereocenters. The summed E-state index contributed by atoms with van der Waals surface area (Å²) in [6.45, 7) is 2.24. The molecule has 1 saturated carbocycles. The van der Waals surface area contributed by atoms with Crippen molar-refractivity contribution in [2.45, 2.75) is 70.0 Å². The smallest absolute Gasteiger partial charge is 0.242 e. The molecule has 1 N–H and O–H groups in total. The van der Waals surface area contributed by atoms with Crippen LogP contribution in [0.25, 0.3) is 0 Å². The number of nitrogens with zero attached hydrogens (tertiary/aromatic N) is 1. The van der Waals surface area contributed by atoms with Gasteiger partial charge in [0.15, 0.2) is 0 Å². The number of halogens is 1. The molecule has 4 nitrogen and oxygen atoms in total. The molecular weight excluding hydrogens is 512 g/mol. The van der Waals surface area contributed by atoms with Gasteiger partial charge in [-0.25, -0.2) is 0 Å². The lowest BCUT2D eigenvalue weighted by atomic mass is 9.88. The van der Waals surface area contributed by atoms with E-state index in [2.05, 4.69) is 45.5 Å². The molecule has 1 aliphatic rings. The van der Waals surface area contributed by atoms with Gasteiger partial charge in [0.25, 0.3) is 0 Å². The molecule has 5 heteroatoms. The molecule has 1 unspecified atom stereocenters. The fourth-order valence-corrected chi connectivity index (χ4v) is 5.52. The van der Waals surface area contributed by atoms with Crippen LogP contribution in [0.1, 0.15) is 68.1 Å². The summed E-state index contributed by atoms with van der Waals surface area (Å²) in [6, 6.07) is 27.9. The topological polar surface area (TPSA) is 49.4 Å². The molecule has 0 radical (unpaired) electrons. The van der Waals surface area contributed by atoms with Gasteiger partial charge in [-0.3, -0.25) is 9.59 Å². The van der Waals surface area contributed by atoms with Gasteiger partial charge in [0, 0.05) is 29.4 Å². The van der Waals surface area contributed by atoms with E-state index in [0.29, 0.717) is 13.0 Å². The Labute approximate surface area is 223 Å². The zero-order valence-electron chi connectivity index (χ0n) is 20.9. The Morgan fingerprint density at radius 2 is 1.50 bits per heavy atom. The standard InChI is InChI=1S/C31H35BrN2O2/c1-23(31(36)33-28-18-9-4-10-19-28)34(22-24-12-11-17-27(32)20-24)30(35)21-29(25-13-5-2-6-14-25)26-15-7-3-8-16-26/h2-3,5-8,11-17,20,23,28-29H,4,9-10,18-19,21-22H2,1H3,(H,33,36). The van der Waals surface area contributed by atoms with Gasteiger partial charge in [-0.1, -0.05) is 108 Å². The van der Waals surface area contributed by atoms with E-state index in [-0.39, 0.29) is 23.8 Å². The van der Waals surface area contributed by atoms with Crippen LogP contribution in [0.4, 0.5) is 0 Å². The molecule has 1 fully saturated rings. The monoisotopic (exact) mass is 546 g/mol. The average molecular weight is 548 g/mol. The quantitative estimate of drug-likeness (QED) is 0.319. The summed E-state index contributed by atoms with van der Waals surface area (Å²) in [6.07, 6.45) is 5.86. The van der Waals surface area contributed by atoms with Crippen LogP contribution in [0.5, 0.6) is 0 Å². The van der Waals surface area contributed by atoms with Crippen molar-refractivity contribution in [2.75, 3.05) is 0 Å². The zero-order chi connectivity index (χ0) is 25.3. The van der Waals surface area contributed by atoms with Crippen molar-refractivity contribution in [3.63, 3.8) is 0 Å². The van der Waals surface area contributed by atoms with Crippen molar-refractivity contribution in [3.8, 4) is 0 Å². The molecule has 0 aromatic heterocycles. The Kier molecular flexibility index (Phi) is 9.35. The molecule has 2 amide bonds. The fourth-order valence-electron chi connectivity index (χ4n) is 5.07. The molecule has 36 heavy (non-hydrogen) atoms. The number of hydrogen-bond acceptors (Lipinski definition) is 2. The first-order chi connectivity index (χ1) is 17.5. The lowest BCUT2D eigenvalue weighted by Crippen LogP contribution is -2.50. The SMILES string of the molecule is CC(C(=O)NC1CCCCC1)N(Cc1cccc(Br)c1)C(=O)CC(c1ccccc1)c1ccccc1. The maximum absolute atomic E-state index is 14.0. The van der Waals surface area contributed by atoms with Crippen LogP contribution in [0.15, 0.2) is 89.4 Å². The van der Waals surface area contributed by atoms with E-state index in [1.165, 1.54) is 6.42 Å². The molecule has 188 valence electrons. The molecule has 0 bridgehead atoms. The third-order valence-electron chi connectivity index (χ3n) is 7.14. The fraction of sp³-hybridized carbons (Fsp3) is 0.355. The second kappa shape index (κ2) is 12.9. The van der Waals surface area contributed by atoms with E-state index >= 15 is 0 Å². The van der Waals surface area contributed by atoms with Gasteiger partial charge in [-0.05, 0) is 48.6 Å². The summed E-state index contributed by atoms with van der Waals surface area (Å²) in [5.41, 5.74) is 3.18. The van der Waals surface area contributed by atoms with Crippen molar-refractivity contribution >= 4 is 27.7 Å². The normalized spacial score (nSPS) is 14.9. The van der Waals surface area contributed by atoms with E-state index in [9.17, 15) is 9.59 Å². The van der Waals surface area contributed by atoms with Gasteiger partial charge in [0.05, 0.1) is 0 Å². The third-order valence-corrected chi connectivity index (χ3v) is 7.64. The highest BCUT2D eigenvalue weighted by atomic mass is 79.9. The Morgan fingerprint density at radius 3 is 2.08 bits per heavy atom. The third kappa shape index (κ3) is 7.07. The molecule has 0 saturated heterocycles. The van der Waals surface area contributed by atoms with Crippen molar-refractivity contribution in [1.82, 2.24) is 10.2 Å². The molecule has 0 aliphatic heterocycles. The summed E-state index contributed by atoms with van der Waals surface area (Å²) in [5.74, 6) is -0.182. The predicted octanol–water partition coefficient (Wildman–Crippen LogP) is 6.84. The minimum atomic E-state index is -0.564. The Hall–Kier alpha value is -2.92. The van der Waals surface area contributed by atoms with E-state index in [1.807, 2.05) is 67.6 Å². The molecular formula is C31H35BrN2O2. The molecule has 1 aliphatic carbocycles. The Morgan fingerprint density at radius 1 is 0.889 bits per heavy atom. The largest absolute Gasteiger partial charge is 0.352 e. The molecule has 3 aromatic rings. The van der Waals surface area contributed by atoms with Crippen LogP contribution in [0.2, 0.25) is 0 Å². The molecule has 4 rings (SSSR count). The highest BCUT2D eigenvalue weighted by molar-refractivity contribution is 9.10. The maximum atomic E-state index is 14.0.